The summed E-state index contributed by atoms with van der Waals surface area (Å²) < 4.78 is 0. The van der Waals surface area contributed by atoms with Gasteiger partial charge in [-0.2, -0.15) is 5.26 Å². The van der Waals surface area contributed by atoms with Crippen LogP contribution < -0.4 is 10.2 Å². The lowest BCUT2D eigenvalue weighted by molar-refractivity contribution is -0.112. The molecule has 150 valence electrons. The van der Waals surface area contributed by atoms with Crippen molar-refractivity contribution in [3.63, 3.8) is 0 Å². The van der Waals surface area contributed by atoms with Crippen molar-refractivity contribution >= 4 is 35.0 Å². The van der Waals surface area contributed by atoms with Crippen LogP contribution in [-0.4, -0.2) is 18.0 Å². The van der Waals surface area contributed by atoms with Gasteiger partial charge in [-0.3, -0.25) is 4.79 Å². The lowest BCUT2D eigenvalue weighted by Gasteiger charge is -2.47. The molecule has 4 nitrogen and oxygen atoms in total. The number of fused-ring (bicyclic) bond motifs is 1. The Morgan fingerprint density at radius 2 is 2.00 bits per heavy atom. The molecule has 0 bridgehead atoms. The van der Waals surface area contributed by atoms with Gasteiger partial charge >= 0.3 is 0 Å². The van der Waals surface area contributed by atoms with Crippen LogP contribution in [0.25, 0.3) is 6.08 Å². The molecule has 1 amide bonds. The van der Waals surface area contributed by atoms with E-state index in [0.29, 0.717) is 16.6 Å². The average Bonchev–Trinajstić information content (AvgIpc) is 2.67. The van der Waals surface area contributed by atoms with Crippen LogP contribution in [0, 0.1) is 11.3 Å². The number of nitrogens with zero attached hydrogens (tertiary/aromatic N) is 2. The van der Waals surface area contributed by atoms with Gasteiger partial charge in [-0.05, 0) is 86.7 Å². The first-order valence-electron chi connectivity index (χ1n) is 9.85. The number of carbonyl (C=O) groups excluding carboxylic acids is 1. The fourth-order valence-electron chi connectivity index (χ4n) is 4.24. The monoisotopic (exact) mass is 407 g/mol. The fourth-order valence-corrected chi connectivity index (χ4v) is 4.37. The van der Waals surface area contributed by atoms with E-state index in [-0.39, 0.29) is 11.1 Å². The van der Waals surface area contributed by atoms with Gasteiger partial charge in [0.15, 0.2) is 0 Å². The maximum absolute atomic E-state index is 12.5. The van der Waals surface area contributed by atoms with Crippen molar-refractivity contribution in [2.24, 2.45) is 0 Å². The number of amides is 1. The normalized spacial score (nSPS) is 18.0. The molecule has 1 unspecified atom stereocenters. The summed E-state index contributed by atoms with van der Waals surface area (Å²) in [4.78, 5) is 15.0. The second kappa shape index (κ2) is 8.31. The van der Waals surface area contributed by atoms with Crippen LogP contribution >= 0.6 is 11.6 Å². The second-order valence-electron chi connectivity index (χ2n) is 8.11. The smallest absolute Gasteiger partial charge is 0.266 e. The van der Waals surface area contributed by atoms with Crippen LogP contribution in [0.3, 0.4) is 0 Å². The first-order chi connectivity index (χ1) is 13.7. The van der Waals surface area contributed by atoms with Gasteiger partial charge in [0.05, 0.1) is 0 Å². The third-order valence-electron chi connectivity index (χ3n) is 5.50. The summed E-state index contributed by atoms with van der Waals surface area (Å²) in [5.74, 6) is -0.0264. The SMILES string of the molecule is CCN1c2ccc(/C=C(/C#N)C(=O)Nc3ccc(Cl)cc3)cc2C(C)CC1(C)C. The number of nitriles is 1. The van der Waals surface area contributed by atoms with Gasteiger partial charge < -0.3 is 10.2 Å². The van der Waals surface area contributed by atoms with Crippen molar-refractivity contribution in [1.29, 1.82) is 5.26 Å². The van der Waals surface area contributed by atoms with Crippen molar-refractivity contribution in [2.45, 2.75) is 45.6 Å². The van der Waals surface area contributed by atoms with E-state index < -0.39 is 5.91 Å². The minimum absolute atomic E-state index is 0.0658. The summed E-state index contributed by atoms with van der Waals surface area (Å²) in [5, 5.41) is 12.8. The Balaban J connectivity index is 1.89. The molecule has 0 fully saturated rings. The molecular formula is C24H26ClN3O. The summed E-state index contributed by atoms with van der Waals surface area (Å²) in [6.45, 7) is 9.90. The van der Waals surface area contributed by atoms with Crippen LogP contribution in [0.5, 0.6) is 0 Å². The zero-order chi connectivity index (χ0) is 21.2. The van der Waals surface area contributed by atoms with E-state index in [9.17, 15) is 10.1 Å². The zero-order valence-corrected chi connectivity index (χ0v) is 18.0. The predicted molar refractivity (Wildman–Crippen MR) is 120 cm³/mol. The third-order valence-corrected chi connectivity index (χ3v) is 5.76. The summed E-state index contributed by atoms with van der Waals surface area (Å²) >= 11 is 5.87. The molecule has 1 aliphatic heterocycles. The van der Waals surface area contributed by atoms with E-state index in [4.69, 9.17) is 11.6 Å². The maximum Gasteiger partial charge on any atom is 0.266 e. The molecule has 0 aromatic heterocycles. The highest BCUT2D eigenvalue weighted by Crippen LogP contribution is 2.43. The Morgan fingerprint density at radius 3 is 2.62 bits per heavy atom. The lowest BCUT2D eigenvalue weighted by Crippen LogP contribution is -2.48. The maximum atomic E-state index is 12.5. The van der Waals surface area contributed by atoms with Gasteiger partial charge in [-0.25, -0.2) is 0 Å². The molecule has 5 heteroatoms. The molecule has 0 saturated carbocycles. The molecule has 3 rings (SSSR count). The Morgan fingerprint density at radius 1 is 1.31 bits per heavy atom. The molecule has 1 atom stereocenters. The van der Waals surface area contributed by atoms with Crippen LogP contribution in [0.2, 0.25) is 5.02 Å². The zero-order valence-electron chi connectivity index (χ0n) is 17.3. The molecule has 29 heavy (non-hydrogen) atoms. The number of hydrogen-bond acceptors (Lipinski definition) is 3. The summed E-state index contributed by atoms with van der Waals surface area (Å²) in [6, 6.07) is 15.0. The highest BCUT2D eigenvalue weighted by Gasteiger charge is 2.35. The van der Waals surface area contributed by atoms with Crippen molar-refractivity contribution in [1.82, 2.24) is 0 Å². The van der Waals surface area contributed by atoms with Crippen LogP contribution in [0.15, 0.2) is 48.0 Å². The number of hydrogen-bond donors (Lipinski definition) is 1. The summed E-state index contributed by atoms with van der Waals surface area (Å²) in [5.41, 5.74) is 4.12. The van der Waals surface area contributed by atoms with E-state index in [2.05, 4.69) is 50.0 Å². The molecule has 2 aromatic carbocycles. The van der Waals surface area contributed by atoms with E-state index in [1.165, 1.54) is 11.3 Å². The molecule has 0 aliphatic carbocycles. The number of halogens is 1. The van der Waals surface area contributed by atoms with E-state index in [1.54, 1.807) is 30.3 Å². The van der Waals surface area contributed by atoms with Gasteiger partial charge in [0.2, 0.25) is 0 Å². The quantitative estimate of drug-likeness (QED) is 0.499. The largest absolute Gasteiger partial charge is 0.366 e. The first kappa shape index (κ1) is 21.0. The molecular weight excluding hydrogens is 382 g/mol. The molecule has 1 heterocycles. The Kier molecular flexibility index (Phi) is 6.00. The Labute approximate surface area is 177 Å². The van der Waals surface area contributed by atoms with Gasteiger partial charge in [0, 0.05) is 28.5 Å². The van der Waals surface area contributed by atoms with Gasteiger partial charge in [0.1, 0.15) is 11.6 Å². The molecule has 2 aromatic rings. The molecule has 1 N–H and O–H groups in total. The topological polar surface area (TPSA) is 56.1 Å². The first-order valence-corrected chi connectivity index (χ1v) is 10.2. The summed E-state index contributed by atoms with van der Waals surface area (Å²) in [7, 11) is 0. The van der Waals surface area contributed by atoms with Crippen LogP contribution in [-0.2, 0) is 4.79 Å². The Bertz CT molecular complexity index is 986. The standard InChI is InChI=1S/C24H26ClN3O/c1-5-28-22-11-6-17(13-21(22)16(2)14-24(28,3)4)12-18(15-26)23(29)27-20-9-7-19(25)8-10-20/h6-13,16H,5,14H2,1-4H3,(H,27,29)/b18-12-. The number of anilines is 2. The third kappa shape index (κ3) is 4.46. The Hall–Kier alpha value is -2.77. The lowest BCUT2D eigenvalue weighted by atomic mass is 9.79. The molecule has 0 saturated heterocycles. The van der Waals surface area contributed by atoms with E-state index >= 15 is 0 Å². The van der Waals surface area contributed by atoms with Gasteiger partial charge in [-0.1, -0.05) is 24.6 Å². The second-order valence-corrected chi connectivity index (χ2v) is 8.55. The van der Waals surface area contributed by atoms with Gasteiger partial charge in [-0.15, -0.1) is 0 Å². The number of rotatable bonds is 4. The average molecular weight is 408 g/mol. The molecule has 0 spiro atoms. The highest BCUT2D eigenvalue weighted by atomic mass is 35.5. The highest BCUT2D eigenvalue weighted by molar-refractivity contribution is 6.30. The number of benzene rings is 2. The van der Waals surface area contributed by atoms with Crippen molar-refractivity contribution in [3.8, 4) is 6.07 Å². The molecule has 1 aliphatic rings. The fraction of sp³-hybridized carbons (Fsp3) is 0.333. The summed E-state index contributed by atoms with van der Waals surface area (Å²) in [6.07, 6.45) is 2.71. The number of carbonyl (C=O) groups is 1. The number of nitrogens with one attached hydrogen (secondary N) is 1. The van der Waals surface area contributed by atoms with Gasteiger partial charge in [0.25, 0.3) is 5.91 Å². The molecule has 0 radical (unpaired) electrons. The van der Waals surface area contributed by atoms with Crippen molar-refractivity contribution in [2.75, 3.05) is 16.8 Å². The minimum atomic E-state index is -0.433. The van der Waals surface area contributed by atoms with E-state index in [1.807, 2.05) is 12.1 Å². The van der Waals surface area contributed by atoms with Crippen LogP contribution in [0.1, 0.15) is 51.2 Å². The van der Waals surface area contributed by atoms with Crippen molar-refractivity contribution in [3.05, 3.63) is 64.2 Å². The minimum Gasteiger partial charge on any atom is -0.366 e. The van der Waals surface area contributed by atoms with E-state index in [0.717, 1.165) is 18.5 Å². The van der Waals surface area contributed by atoms with Crippen molar-refractivity contribution < 1.29 is 4.79 Å². The predicted octanol–water partition coefficient (Wildman–Crippen LogP) is 6.00. The van der Waals surface area contributed by atoms with Crippen LogP contribution in [0.4, 0.5) is 11.4 Å².